The van der Waals surface area contributed by atoms with E-state index in [0.29, 0.717) is 17.5 Å². The SMILES string of the molecule is C[Si](C)(C)CCOCn1nc(B(O)O)c2cc([N+](=O)[O-])ccc21. The van der Waals surface area contributed by atoms with E-state index in [1.807, 2.05) is 0 Å². The molecule has 0 aliphatic carbocycles. The first-order valence-electron chi connectivity index (χ1n) is 7.28. The number of hydrogen-bond acceptors (Lipinski definition) is 6. The van der Waals surface area contributed by atoms with Gasteiger partial charge in [0.2, 0.25) is 0 Å². The number of benzene rings is 1. The Labute approximate surface area is 135 Å². The average molecular weight is 337 g/mol. The molecule has 124 valence electrons. The van der Waals surface area contributed by atoms with Crippen LogP contribution in [0.2, 0.25) is 25.7 Å². The molecule has 0 radical (unpaired) electrons. The van der Waals surface area contributed by atoms with Gasteiger partial charge in [0.1, 0.15) is 12.3 Å². The monoisotopic (exact) mass is 337 g/mol. The van der Waals surface area contributed by atoms with Gasteiger partial charge in [0.05, 0.1) is 10.4 Å². The zero-order valence-corrected chi connectivity index (χ0v) is 14.4. The summed E-state index contributed by atoms with van der Waals surface area (Å²) >= 11 is 0. The van der Waals surface area contributed by atoms with Crippen molar-refractivity contribution in [1.29, 1.82) is 0 Å². The molecule has 0 fully saturated rings. The van der Waals surface area contributed by atoms with Gasteiger partial charge in [-0.2, -0.15) is 5.10 Å². The normalized spacial score (nSPS) is 11.9. The Balaban J connectivity index is 2.25. The Morgan fingerprint density at radius 3 is 2.65 bits per heavy atom. The number of hydrogen-bond donors (Lipinski definition) is 2. The minimum Gasteiger partial charge on any atom is -0.422 e. The van der Waals surface area contributed by atoms with E-state index in [0.717, 1.165) is 6.04 Å². The van der Waals surface area contributed by atoms with Crippen molar-refractivity contribution in [3.05, 3.63) is 28.3 Å². The van der Waals surface area contributed by atoms with E-state index in [4.69, 9.17) is 4.74 Å². The summed E-state index contributed by atoms with van der Waals surface area (Å²) in [6.45, 7) is 7.50. The van der Waals surface area contributed by atoms with Crippen molar-refractivity contribution >= 4 is 37.4 Å². The molecule has 0 aliphatic rings. The highest BCUT2D eigenvalue weighted by atomic mass is 28.3. The summed E-state index contributed by atoms with van der Waals surface area (Å²) in [6, 6.07) is 5.19. The second kappa shape index (κ2) is 6.79. The van der Waals surface area contributed by atoms with Crippen LogP contribution in [0.15, 0.2) is 18.2 Å². The lowest BCUT2D eigenvalue weighted by Crippen LogP contribution is -2.32. The molecule has 1 aromatic heterocycles. The molecule has 2 N–H and O–H groups in total. The van der Waals surface area contributed by atoms with Gasteiger partial charge in [0.15, 0.2) is 0 Å². The van der Waals surface area contributed by atoms with Gasteiger partial charge in [-0.05, 0) is 12.1 Å². The van der Waals surface area contributed by atoms with Crippen molar-refractivity contribution in [2.75, 3.05) is 6.61 Å². The molecule has 0 bridgehead atoms. The summed E-state index contributed by atoms with van der Waals surface area (Å²) < 4.78 is 7.10. The van der Waals surface area contributed by atoms with Gasteiger partial charge in [0, 0.05) is 32.2 Å². The predicted molar refractivity (Wildman–Crippen MR) is 90.3 cm³/mol. The van der Waals surface area contributed by atoms with Crippen molar-refractivity contribution in [3.63, 3.8) is 0 Å². The molecule has 0 unspecified atom stereocenters. The molecular weight excluding hydrogens is 317 g/mol. The van der Waals surface area contributed by atoms with Gasteiger partial charge in [-0.25, -0.2) is 4.68 Å². The summed E-state index contributed by atoms with van der Waals surface area (Å²) in [5.74, 6) is 0. The van der Waals surface area contributed by atoms with E-state index in [1.54, 1.807) is 0 Å². The van der Waals surface area contributed by atoms with E-state index in [9.17, 15) is 20.2 Å². The third-order valence-corrected chi connectivity index (χ3v) is 5.13. The first-order chi connectivity index (χ1) is 10.7. The number of ether oxygens (including phenoxy) is 1. The molecule has 0 saturated carbocycles. The molecule has 23 heavy (non-hydrogen) atoms. The molecule has 8 nitrogen and oxygen atoms in total. The number of nitro groups is 1. The number of fused-ring (bicyclic) bond motifs is 1. The quantitative estimate of drug-likeness (QED) is 0.337. The average Bonchev–Trinajstić information content (AvgIpc) is 2.80. The lowest BCUT2D eigenvalue weighted by molar-refractivity contribution is -0.384. The highest BCUT2D eigenvalue weighted by Crippen LogP contribution is 2.20. The maximum absolute atomic E-state index is 10.9. The van der Waals surface area contributed by atoms with Crippen LogP contribution in [0, 0.1) is 10.1 Å². The molecule has 1 aromatic carbocycles. The molecule has 0 amide bonds. The van der Waals surface area contributed by atoms with Crippen LogP contribution >= 0.6 is 0 Å². The van der Waals surface area contributed by atoms with E-state index in [-0.39, 0.29) is 18.0 Å². The van der Waals surface area contributed by atoms with Gasteiger partial charge in [-0.15, -0.1) is 0 Å². The smallest absolute Gasteiger partial charge is 0.422 e. The van der Waals surface area contributed by atoms with E-state index < -0.39 is 20.1 Å². The summed E-state index contributed by atoms with van der Waals surface area (Å²) in [6.07, 6.45) is 0. The van der Waals surface area contributed by atoms with Crippen LogP contribution in [-0.2, 0) is 11.5 Å². The van der Waals surface area contributed by atoms with Gasteiger partial charge in [-0.1, -0.05) is 19.6 Å². The molecule has 2 rings (SSSR count). The van der Waals surface area contributed by atoms with Gasteiger partial charge in [0.25, 0.3) is 5.69 Å². The fourth-order valence-corrected chi connectivity index (χ4v) is 2.88. The zero-order chi connectivity index (χ0) is 17.2. The van der Waals surface area contributed by atoms with E-state index >= 15 is 0 Å². The largest absolute Gasteiger partial charge is 0.510 e. The van der Waals surface area contributed by atoms with Gasteiger partial charge >= 0.3 is 7.12 Å². The molecule has 2 aromatic rings. The van der Waals surface area contributed by atoms with Crippen LogP contribution in [-0.4, -0.2) is 46.6 Å². The zero-order valence-electron chi connectivity index (χ0n) is 13.4. The third-order valence-electron chi connectivity index (χ3n) is 3.43. The van der Waals surface area contributed by atoms with Crippen LogP contribution in [0.25, 0.3) is 10.9 Å². The standard InChI is InChI=1S/C13H20BN3O5Si/c1-23(2,3)7-6-22-9-16-12-5-4-10(17(20)21)8-11(12)13(15-16)14(18)19/h4-5,8,18-19H,6-7,9H2,1-3H3. The molecule has 0 spiro atoms. The fraction of sp³-hybridized carbons (Fsp3) is 0.462. The number of rotatable bonds is 7. The maximum atomic E-state index is 10.9. The Morgan fingerprint density at radius 2 is 2.09 bits per heavy atom. The first kappa shape index (κ1) is 17.6. The summed E-state index contributed by atoms with van der Waals surface area (Å²) in [5, 5.41) is 34.1. The number of non-ortho nitro benzene ring substituents is 1. The topological polar surface area (TPSA) is 111 Å². The van der Waals surface area contributed by atoms with Crippen molar-refractivity contribution in [2.45, 2.75) is 32.4 Å². The molecule has 0 saturated heterocycles. The van der Waals surface area contributed by atoms with Crippen molar-refractivity contribution in [1.82, 2.24) is 9.78 Å². The Bertz CT molecular complexity index is 713. The van der Waals surface area contributed by atoms with Crippen molar-refractivity contribution in [3.8, 4) is 0 Å². The highest BCUT2D eigenvalue weighted by Gasteiger charge is 2.23. The van der Waals surface area contributed by atoms with Gasteiger partial charge in [-0.3, -0.25) is 10.1 Å². The maximum Gasteiger partial charge on any atom is 0.510 e. The molecular formula is C13H20BN3O5Si. The third kappa shape index (κ3) is 4.38. The fourth-order valence-electron chi connectivity index (χ4n) is 2.12. The van der Waals surface area contributed by atoms with Crippen LogP contribution in [0.4, 0.5) is 5.69 Å². The second-order valence-corrected chi connectivity index (χ2v) is 12.2. The van der Waals surface area contributed by atoms with Gasteiger partial charge < -0.3 is 14.8 Å². The van der Waals surface area contributed by atoms with Crippen LogP contribution in [0.5, 0.6) is 0 Å². The Morgan fingerprint density at radius 1 is 1.39 bits per heavy atom. The molecule has 1 heterocycles. The summed E-state index contributed by atoms with van der Waals surface area (Å²) in [7, 11) is -2.99. The van der Waals surface area contributed by atoms with E-state index in [1.165, 1.54) is 22.9 Å². The molecule has 0 aliphatic heterocycles. The Hall–Kier alpha value is -1.75. The minimum absolute atomic E-state index is 0.0162. The van der Waals surface area contributed by atoms with Crippen molar-refractivity contribution < 1.29 is 19.7 Å². The van der Waals surface area contributed by atoms with Crippen LogP contribution in [0.1, 0.15) is 0 Å². The summed E-state index contributed by atoms with van der Waals surface area (Å²) in [5.41, 5.74) is 0.419. The lowest BCUT2D eigenvalue weighted by Gasteiger charge is -2.15. The first-order valence-corrected chi connectivity index (χ1v) is 11.0. The summed E-state index contributed by atoms with van der Waals surface area (Å²) in [4.78, 5) is 10.3. The molecule has 10 heteroatoms. The number of nitro benzene ring substituents is 1. The molecule has 0 atom stereocenters. The number of nitrogens with zero attached hydrogens (tertiary/aromatic N) is 3. The minimum atomic E-state index is -1.80. The van der Waals surface area contributed by atoms with Crippen molar-refractivity contribution in [2.24, 2.45) is 0 Å². The van der Waals surface area contributed by atoms with E-state index in [2.05, 4.69) is 24.7 Å². The lowest BCUT2D eigenvalue weighted by atomic mass is 9.84. The van der Waals surface area contributed by atoms with Crippen LogP contribution < -0.4 is 5.59 Å². The predicted octanol–water partition coefficient (Wildman–Crippen LogP) is 0.937. The second-order valence-electron chi connectivity index (χ2n) is 6.57. The Kier molecular flexibility index (Phi) is 5.20. The highest BCUT2D eigenvalue weighted by molar-refractivity contribution is 6.76. The number of aromatic nitrogens is 2. The van der Waals surface area contributed by atoms with Crippen LogP contribution in [0.3, 0.4) is 0 Å².